The van der Waals surface area contributed by atoms with Crippen LogP contribution in [0.2, 0.25) is 10.0 Å². The first-order chi connectivity index (χ1) is 14.5. The average Bonchev–Trinajstić information content (AvgIpc) is 2.74. The van der Waals surface area contributed by atoms with Gasteiger partial charge in [-0.05, 0) is 54.6 Å². The Bertz CT molecular complexity index is 1070. The molecule has 0 fully saturated rings. The maximum atomic E-state index is 12.3. The molecule has 0 saturated carbocycles. The molecule has 6 nitrogen and oxygen atoms in total. The molecule has 0 aliphatic rings. The van der Waals surface area contributed by atoms with Crippen molar-refractivity contribution in [2.75, 3.05) is 6.61 Å². The summed E-state index contributed by atoms with van der Waals surface area (Å²) in [4.78, 5) is 24.2. The van der Waals surface area contributed by atoms with Crippen LogP contribution >= 0.6 is 23.2 Å². The van der Waals surface area contributed by atoms with Crippen molar-refractivity contribution in [3.8, 4) is 11.5 Å². The summed E-state index contributed by atoms with van der Waals surface area (Å²) in [6.07, 6.45) is 1.38. The van der Waals surface area contributed by atoms with Crippen molar-refractivity contribution in [1.82, 2.24) is 5.43 Å². The van der Waals surface area contributed by atoms with Crippen molar-refractivity contribution in [2.24, 2.45) is 5.10 Å². The minimum Gasteiger partial charge on any atom is -0.484 e. The average molecular weight is 443 g/mol. The number of esters is 1. The topological polar surface area (TPSA) is 77.0 Å². The maximum Gasteiger partial charge on any atom is 0.343 e. The van der Waals surface area contributed by atoms with Gasteiger partial charge in [0.15, 0.2) is 6.61 Å². The molecule has 0 aliphatic carbocycles. The first-order valence-electron chi connectivity index (χ1n) is 8.78. The van der Waals surface area contributed by atoms with Crippen molar-refractivity contribution in [3.05, 3.63) is 94.0 Å². The minimum absolute atomic E-state index is 0.231. The van der Waals surface area contributed by atoms with Gasteiger partial charge in [0.05, 0.1) is 11.8 Å². The van der Waals surface area contributed by atoms with E-state index in [1.165, 1.54) is 6.21 Å². The normalized spacial score (nSPS) is 10.6. The lowest BCUT2D eigenvalue weighted by Gasteiger charge is -2.07. The fraction of sp³-hybridized carbons (Fsp3) is 0.0455. The Balaban J connectivity index is 1.57. The van der Waals surface area contributed by atoms with Gasteiger partial charge in [0.2, 0.25) is 0 Å². The zero-order valence-electron chi connectivity index (χ0n) is 15.5. The smallest absolute Gasteiger partial charge is 0.343 e. The number of benzene rings is 3. The number of nitrogens with one attached hydrogen (secondary N) is 1. The second kappa shape index (κ2) is 10.4. The molecular weight excluding hydrogens is 427 g/mol. The summed E-state index contributed by atoms with van der Waals surface area (Å²) < 4.78 is 10.8. The molecule has 3 aromatic rings. The van der Waals surface area contributed by atoms with Crippen LogP contribution in [0.15, 0.2) is 77.9 Å². The van der Waals surface area contributed by atoms with E-state index in [0.29, 0.717) is 32.7 Å². The van der Waals surface area contributed by atoms with Gasteiger partial charge in [0.1, 0.15) is 11.5 Å². The number of rotatable bonds is 7. The summed E-state index contributed by atoms with van der Waals surface area (Å²) in [5.74, 6) is -0.222. The third-order valence-corrected chi connectivity index (χ3v) is 4.25. The monoisotopic (exact) mass is 442 g/mol. The molecule has 0 aliphatic heterocycles. The Morgan fingerprint density at radius 3 is 2.47 bits per heavy atom. The van der Waals surface area contributed by atoms with E-state index >= 15 is 0 Å². The Hall–Kier alpha value is -3.35. The van der Waals surface area contributed by atoms with E-state index in [-0.39, 0.29) is 6.61 Å². The van der Waals surface area contributed by atoms with Crippen molar-refractivity contribution < 1.29 is 19.1 Å². The largest absolute Gasteiger partial charge is 0.484 e. The molecule has 0 unspecified atom stereocenters. The van der Waals surface area contributed by atoms with Crippen molar-refractivity contribution in [1.29, 1.82) is 0 Å². The molecule has 0 aromatic heterocycles. The first kappa shape index (κ1) is 21.4. The number of ether oxygens (including phenoxy) is 2. The van der Waals surface area contributed by atoms with Gasteiger partial charge in [-0.3, -0.25) is 4.79 Å². The van der Waals surface area contributed by atoms with Gasteiger partial charge >= 0.3 is 5.97 Å². The number of nitrogens with zero attached hydrogens (tertiary/aromatic N) is 1. The van der Waals surface area contributed by atoms with Crippen molar-refractivity contribution >= 4 is 41.3 Å². The van der Waals surface area contributed by atoms with E-state index in [4.69, 9.17) is 32.7 Å². The summed E-state index contributed by atoms with van der Waals surface area (Å²) >= 11 is 11.7. The van der Waals surface area contributed by atoms with E-state index in [1.807, 2.05) is 0 Å². The van der Waals surface area contributed by atoms with Crippen LogP contribution in [0.4, 0.5) is 0 Å². The highest BCUT2D eigenvalue weighted by Gasteiger charge is 2.11. The van der Waals surface area contributed by atoms with Crippen LogP contribution in [0.3, 0.4) is 0 Å². The highest BCUT2D eigenvalue weighted by Crippen LogP contribution is 2.19. The lowest BCUT2D eigenvalue weighted by molar-refractivity contribution is -0.123. The number of carbonyl (C=O) groups excluding carboxylic acids is 2. The van der Waals surface area contributed by atoms with Crippen molar-refractivity contribution in [2.45, 2.75) is 0 Å². The van der Waals surface area contributed by atoms with Crippen LogP contribution in [-0.4, -0.2) is 24.7 Å². The fourth-order valence-corrected chi connectivity index (χ4v) is 2.64. The molecule has 1 N–H and O–H groups in total. The van der Waals surface area contributed by atoms with E-state index in [1.54, 1.807) is 72.8 Å². The Labute approximate surface area is 183 Å². The Morgan fingerprint density at radius 2 is 1.70 bits per heavy atom. The number of carbonyl (C=O) groups is 2. The van der Waals surface area contributed by atoms with E-state index in [2.05, 4.69) is 10.5 Å². The number of hydrogen-bond donors (Lipinski definition) is 1. The van der Waals surface area contributed by atoms with Gasteiger partial charge in [-0.1, -0.05) is 41.4 Å². The molecular formula is C22H16Cl2N2O4. The molecule has 0 atom stereocenters. The predicted octanol–water partition coefficient (Wildman–Crippen LogP) is 4.74. The Kier molecular flexibility index (Phi) is 7.43. The lowest BCUT2D eigenvalue weighted by atomic mass is 10.2. The molecule has 3 aromatic carbocycles. The van der Waals surface area contributed by atoms with Crippen LogP contribution in [-0.2, 0) is 4.79 Å². The van der Waals surface area contributed by atoms with Gasteiger partial charge in [-0.2, -0.15) is 5.10 Å². The molecule has 152 valence electrons. The summed E-state index contributed by atoms with van der Waals surface area (Å²) in [6, 6.07) is 19.9. The number of hydrogen-bond acceptors (Lipinski definition) is 5. The molecule has 0 radical (unpaired) electrons. The van der Waals surface area contributed by atoms with Crippen LogP contribution in [0.5, 0.6) is 11.5 Å². The SMILES string of the molecule is O=C(COc1cccc(Cl)c1)NN=Cc1ccccc1OC(=O)c1ccc(Cl)cc1. The second-order valence-corrected chi connectivity index (χ2v) is 6.85. The molecule has 0 heterocycles. The van der Waals surface area contributed by atoms with E-state index in [9.17, 15) is 9.59 Å². The van der Waals surface area contributed by atoms with Crippen LogP contribution in [0, 0.1) is 0 Å². The van der Waals surface area contributed by atoms with Gasteiger partial charge in [-0.15, -0.1) is 0 Å². The third kappa shape index (κ3) is 6.34. The van der Waals surface area contributed by atoms with Crippen LogP contribution in [0.1, 0.15) is 15.9 Å². The van der Waals surface area contributed by atoms with Crippen LogP contribution in [0.25, 0.3) is 0 Å². The van der Waals surface area contributed by atoms with Crippen molar-refractivity contribution in [3.63, 3.8) is 0 Å². The highest BCUT2D eigenvalue weighted by molar-refractivity contribution is 6.31. The molecule has 8 heteroatoms. The zero-order valence-corrected chi connectivity index (χ0v) is 17.1. The molecule has 0 spiro atoms. The summed E-state index contributed by atoms with van der Waals surface area (Å²) in [5, 5.41) is 4.92. The molecule has 0 bridgehead atoms. The molecule has 30 heavy (non-hydrogen) atoms. The van der Waals surface area contributed by atoms with Gasteiger partial charge in [0, 0.05) is 15.6 Å². The molecule has 0 saturated heterocycles. The standard InChI is InChI=1S/C22H16Cl2N2O4/c23-17-10-8-15(9-11-17)22(28)30-20-7-2-1-4-16(20)13-25-26-21(27)14-29-19-6-3-5-18(24)12-19/h1-13H,14H2,(H,26,27). The number of para-hydroxylation sites is 1. The van der Waals surface area contributed by atoms with E-state index in [0.717, 1.165) is 0 Å². The second-order valence-electron chi connectivity index (χ2n) is 5.97. The highest BCUT2D eigenvalue weighted by atomic mass is 35.5. The number of halogens is 2. The first-order valence-corrected chi connectivity index (χ1v) is 9.54. The van der Waals surface area contributed by atoms with Gasteiger partial charge in [-0.25, -0.2) is 10.2 Å². The summed E-state index contributed by atoms with van der Waals surface area (Å²) in [6.45, 7) is -0.231. The summed E-state index contributed by atoms with van der Waals surface area (Å²) in [7, 11) is 0. The van der Waals surface area contributed by atoms with E-state index < -0.39 is 11.9 Å². The molecule has 3 rings (SSSR count). The number of hydrazone groups is 1. The van der Waals surface area contributed by atoms with Crippen LogP contribution < -0.4 is 14.9 Å². The Morgan fingerprint density at radius 1 is 0.933 bits per heavy atom. The fourth-order valence-electron chi connectivity index (χ4n) is 2.34. The lowest BCUT2D eigenvalue weighted by Crippen LogP contribution is -2.24. The van der Waals surface area contributed by atoms with Gasteiger partial charge in [0.25, 0.3) is 5.91 Å². The molecule has 1 amide bonds. The minimum atomic E-state index is -0.536. The third-order valence-electron chi connectivity index (χ3n) is 3.76. The maximum absolute atomic E-state index is 12.3. The summed E-state index contributed by atoms with van der Waals surface area (Å²) in [5.41, 5.74) is 3.22. The van der Waals surface area contributed by atoms with Gasteiger partial charge < -0.3 is 9.47 Å². The predicted molar refractivity (Wildman–Crippen MR) is 116 cm³/mol. The quantitative estimate of drug-likeness (QED) is 0.248. The zero-order chi connectivity index (χ0) is 21.3. The number of amides is 1.